The zero-order chi connectivity index (χ0) is 17.9. The highest BCUT2D eigenvalue weighted by Crippen LogP contribution is 2.39. The molecule has 128 valence electrons. The Labute approximate surface area is 140 Å². The van der Waals surface area contributed by atoms with Gasteiger partial charge in [-0.3, -0.25) is 4.99 Å². The summed E-state index contributed by atoms with van der Waals surface area (Å²) in [5.74, 6) is 0.188. The number of rotatable bonds is 6. The smallest absolute Gasteiger partial charge is 0.184 e. The topological polar surface area (TPSA) is 77.2 Å². The molecule has 0 spiro atoms. The lowest BCUT2D eigenvalue weighted by molar-refractivity contribution is 0.104. The molecule has 0 amide bonds. The number of aliphatic imine (C=N–C) groups is 2. The van der Waals surface area contributed by atoms with Gasteiger partial charge in [-0.2, -0.15) is 0 Å². The van der Waals surface area contributed by atoms with Gasteiger partial charge in [-0.1, -0.05) is 12.7 Å². The Bertz CT molecular complexity index is 702. The average molecular weight is 332 g/mol. The van der Waals surface area contributed by atoms with Crippen LogP contribution in [0.3, 0.4) is 0 Å². The van der Waals surface area contributed by atoms with Crippen LogP contribution in [-0.4, -0.2) is 65.8 Å². The van der Waals surface area contributed by atoms with Crippen molar-refractivity contribution in [2.45, 2.75) is 18.1 Å². The van der Waals surface area contributed by atoms with E-state index in [1.807, 2.05) is 14.1 Å². The Balaban J connectivity index is 2.37. The lowest BCUT2D eigenvalue weighted by atomic mass is 10.0. The lowest BCUT2D eigenvalue weighted by Crippen LogP contribution is -2.34. The Kier molecular flexibility index (Phi) is 5.08. The van der Waals surface area contributed by atoms with Gasteiger partial charge in [0.2, 0.25) is 0 Å². The maximum atomic E-state index is 14.0. The van der Waals surface area contributed by atoms with Gasteiger partial charge in [0.25, 0.3) is 0 Å². The van der Waals surface area contributed by atoms with Crippen molar-refractivity contribution in [3.8, 4) is 0 Å². The third-order valence-electron chi connectivity index (χ3n) is 3.79. The minimum Gasteiger partial charge on any atom is -0.379 e. The zero-order valence-corrected chi connectivity index (χ0v) is 14.0. The van der Waals surface area contributed by atoms with E-state index >= 15 is 0 Å². The normalized spacial score (nSPS) is 23.2. The van der Waals surface area contributed by atoms with Gasteiger partial charge in [-0.15, -0.1) is 0 Å². The summed E-state index contributed by atoms with van der Waals surface area (Å²) in [5.41, 5.74) is -1.26. The van der Waals surface area contributed by atoms with Crippen molar-refractivity contribution in [1.29, 1.82) is 0 Å². The summed E-state index contributed by atoms with van der Waals surface area (Å²) >= 11 is 0. The van der Waals surface area contributed by atoms with Crippen molar-refractivity contribution in [1.82, 2.24) is 14.9 Å². The largest absolute Gasteiger partial charge is 0.379 e. The van der Waals surface area contributed by atoms with Gasteiger partial charge < -0.3 is 14.9 Å². The molecule has 2 rings (SSSR count). The fourth-order valence-electron chi connectivity index (χ4n) is 2.40. The number of anilines is 1. The molecule has 0 aromatic carbocycles. The number of hydrogen-bond acceptors (Lipinski definition) is 6. The first-order valence-electron chi connectivity index (χ1n) is 7.31. The minimum absolute atomic E-state index is 0.135. The SMILES string of the molecule is C=C[C@]1(O)C[C@@H](N(C)c2ncnc(/N=C\N(C)C)c2N=C)C=C1F. The van der Waals surface area contributed by atoms with Gasteiger partial charge in [0.15, 0.2) is 11.6 Å². The predicted octanol–water partition coefficient (Wildman–Crippen LogP) is 2.01. The number of aromatic nitrogens is 2. The minimum atomic E-state index is -1.65. The molecule has 0 fully saturated rings. The van der Waals surface area contributed by atoms with Crippen LogP contribution in [0, 0.1) is 0 Å². The molecular formula is C16H21FN6O. The van der Waals surface area contributed by atoms with E-state index in [1.165, 1.54) is 18.5 Å². The molecule has 8 heteroatoms. The molecule has 1 aromatic heterocycles. The van der Waals surface area contributed by atoms with Gasteiger partial charge in [0.05, 0.1) is 12.4 Å². The molecule has 7 nitrogen and oxygen atoms in total. The van der Waals surface area contributed by atoms with Gasteiger partial charge >= 0.3 is 0 Å². The Morgan fingerprint density at radius 2 is 2.12 bits per heavy atom. The van der Waals surface area contributed by atoms with Crippen molar-refractivity contribution in [2.75, 3.05) is 26.0 Å². The molecule has 1 N–H and O–H groups in total. The second kappa shape index (κ2) is 6.88. The zero-order valence-electron chi connectivity index (χ0n) is 14.0. The van der Waals surface area contributed by atoms with Gasteiger partial charge in [0, 0.05) is 27.6 Å². The third kappa shape index (κ3) is 3.33. The molecular weight excluding hydrogens is 311 g/mol. The standard InChI is InChI=1S/C16H21FN6O/c1-6-16(24)8-11(7-12(16)17)23(5)15-13(18-2)14(19-9-20-15)21-10-22(3)4/h6-7,9-11,24H,1-2,8H2,3-5H3/b21-10-/t11-,16-/m0/s1. The first-order valence-corrected chi connectivity index (χ1v) is 7.31. The maximum absolute atomic E-state index is 14.0. The van der Waals surface area contributed by atoms with E-state index in [2.05, 4.69) is 33.2 Å². The van der Waals surface area contributed by atoms with Crippen LogP contribution in [0.5, 0.6) is 0 Å². The van der Waals surface area contributed by atoms with E-state index < -0.39 is 17.5 Å². The molecule has 2 atom stereocenters. The van der Waals surface area contributed by atoms with Gasteiger partial charge in [-0.05, 0) is 12.8 Å². The summed E-state index contributed by atoms with van der Waals surface area (Å²) in [6, 6.07) is -0.408. The molecule has 1 heterocycles. The van der Waals surface area contributed by atoms with E-state index in [0.717, 1.165) is 0 Å². The molecule has 0 unspecified atom stereocenters. The summed E-state index contributed by atoms with van der Waals surface area (Å²) in [5, 5.41) is 10.2. The van der Waals surface area contributed by atoms with Crippen LogP contribution in [0.25, 0.3) is 0 Å². The summed E-state index contributed by atoms with van der Waals surface area (Å²) < 4.78 is 14.0. The van der Waals surface area contributed by atoms with E-state index in [1.54, 1.807) is 23.2 Å². The maximum Gasteiger partial charge on any atom is 0.184 e. The van der Waals surface area contributed by atoms with Crippen molar-refractivity contribution in [3.05, 3.63) is 30.9 Å². The lowest BCUT2D eigenvalue weighted by Gasteiger charge is -2.27. The molecule has 0 saturated carbocycles. The number of likely N-dealkylation sites (N-methyl/N-ethyl adjacent to an activating group) is 1. The van der Waals surface area contributed by atoms with E-state index in [4.69, 9.17) is 0 Å². The number of nitrogens with zero attached hydrogens (tertiary/aromatic N) is 6. The van der Waals surface area contributed by atoms with E-state index in [-0.39, 0.29) is 6.42 Å². The van der Waals surface area contributed by atoms with Crippen LogP contribution in [0.1, 0.15) is 6.42 Å². The molecule has 1 aromatic rings. The molecule has 0 aliphatic heterocycles. The Morgan fingerprint density at radius 3 is 2.67 bits per heavy atom. The van der Waals surface area contributed by atoms with E-state index in [9.17, 15) is 9.50 Å². The third-order valence-corrected chi connectivity index (χ3v) is 3.79. The molecule has 24 heavy (non-hydrogen) atoms. The first-order chi connectivity index (χ1) is 11.3. The monoisotopic (exact) mass is 332 g/mol. The number of aliphatic hydroxyl groups is 1. The molecule has 1 aliphatic carbocycles. The fourth-order valence-corrected chi connectivity index (χ4v) is 2.40. The molecule has 0 saturated heterocycles. The second-order valence-electron chi connectivity index (χ2n) is 5.76. The second-order valence-corrected chi connectivity index (χ2v) is 5.76. The van der Waals surface area contributed by atoms with Crippen molar-refractivity contribution in [2.24, 2.45) is 9.98 Å². The Morgan fingerprint density at radius 1 is 1.42 bits per heavy atom. The molecule has 0 bridgehead atoms. The van der Waals surface area contributed by atoms with Crippen molar-refractivity contribution < 1.29 is 9.50 Å². The van der Waals surface area contributed by atoms with Crippen LogP contribution in [0.15, 0.2) is 40.9 Å². The van der Waals surface area contributed by atoms with E-state index in [0.29, 0.717) is 17.3 Å². The fraction of sp³-hybridized carbons (Fsp3) is 0.375. The average Bonchev–Trinajstić information content (AvgIpc) is 2.87. The van der Waals surface area contributed by atoms with Crippen LogP contribution in [-0.2, 0) is 0 Å². The summed E-state index contributed by atoms with van der Waals surface area (Å²) in [7, 11) is 5.40. The van der Waals surface area contributed by atoms with Crippen molar-refractivity contribution >= 4 is 30.4 Å². The van der Waals surface area contributed by atoms with Gasteiger partial charge in [-0.25, -0.2) is 19.4 Å². The van der Waals surface area contributed by atoms with Crippen LogP contribution in [0.2, 0.25) is 0 Å². The van der Waals surface area contributed by atoms with Gasteiger partial charge in [0.1, 0.15) is 23.4 Å². The van der Waals surface area contributed by atoms with Crippen molar-refractivity contribution in [3.63, 3.8) is 0 Å². The first kappa shape index (κ1) is 17.7. The summed E-state index contributed by atoms with van der Waals surface area (Å²) in [6.07, 6.45) is 5.63. The number of halogens is 1. The highest BCUT2D eigenvalue weighted by Gasteiger charge is 2.40. The summed E-state index contributed by atoms with van der Waals surface area (Å²) in [6.45, 7) is 7.04. The Hall–Kier alpha value is -2.61. The van der Waals surface area contributed by atoms with Crippen LogP contribution < -0.4 is 4.90 Å². The number of hydrogen-bond donors (Lipinski definition) is 1. The highest BCUT2D eigenvalue weighted by atomic mass is 19.1. The van der Waals surface area contributed by atoms with Crippen LogP contribution in [0.4, 0.5) is 21.7 Å². The predicted molar refractivity (Wildman–Crippen MR) is 94.2 cm³/mol. The summed E-state index contributed by atoms with van der Waals surface area (Å²) in [4.78, 5) is 20.0. The highest BCUT2D eigenvalue weighted by molar-refractivity contribution is 5.77. The molecule has 0 radical (unpaired) electrons. The quantitative estimate of drug-likeness (QED) is 0.490. The van der Waals surface area contributed by atoms with Crippen LogP contribution >= 0.6 is 0 Å². The molecule has 1 aliphatic rings.